The number of anilines is 1. The van der Waals surface area contributed by atoms with Crippen molar-refractivity contribution in [3.8, 4) is 0 Å². The second kappa shape index (κ2) is 5.64. The minimum atomic E-state index is -2.92. The molecule has 1 aliphatic heterocycles. The van der Waals surface area contributed by atoms with Crippen molar-refractivity contribution in [1.29, 1.82) is 0 Å². The third kappa shape index (κ3) is 3.58. The first kappa shape index (κ1) is 14.6. The van der Waals surface area contributed by atoms with Gasteiger partial charge in [-0.15, -0.1) is 0 Å². The Morgan fingerprint density at radius 1 is 1.32 bits per heavy atom. The molecule has 1 heterocycles. The molecule has 0 amide bonds. The SMILES string of the molecule is NC(=S)c1ccc(N2CCCS(=O)(=O)CC2)c(Cl)c1. The van der Waals surface area contributed by atoms with Crippen molar-refractivity contribution in [3.63, 3.8) is 0 Å². The molecular formula is C12H15ClN2O2S2. The molecule has 19 heavy (non-hydrogen) atoms. The summed E-state index contributed by atoms with van der Waals surface area (Å²) in [6.45, 7) is 1.15. The summed E-state index contributed by atoms with van der Waals surface area (Å²) in [5.74, 6) is 0.409. The van der Waals surface area contributed by atoms with E-state index in [9.17, 15) is 8.42 Å². The molecule has 2 rings (SSSR count). The predicted molar refractivity (Wildman–Crippen MR) is 82.8 cm³/mol. The molecule has 0 bridgehead atoms. The van der Waals surface area contributed by atoms with Crippen LogP contribution >= 0.6 is 23.8 Å². The van der Waals surface area contributed by atoms with Gasteiger partial charge in [0.05, 0.1) is 22.2 Å². The quantitative estimate of drug-likeness (QED) is 0.839. The van der Waals surface area contributed by atoms with Crippen LogP contribution in [0.25, 0.3) is 0 Å². The highest BCUT2D eigenvalue weighted by molar-refractivity contribution is 7.91. The van der Waals surface area contributed by atoms with Crippen molar-refractivity contribution in [2.75, 3.05) is 29.5 Å². The summed E-state index contributed by atoms with van der Waals surface area (Å²) in [6.07, 6.45) is 0.621. The van der Waals surface area contributed by atoms with E-state index in [1.807, 2.05) is 17.0 Å². The molecule has 0 unspecified atom stereocenters. The van der Waals surface area contributed by atoms with Crippen molar-refractivity contribution in [2.45, 2.75) is 6.42 Å². The molecule has 1 aromatic rings. The number of benzene rings is 1. The van der Waals surface area contributed by atoms with Crippen LogP contribution in [-0.4, -0.2) is 38.0 Å². The second-order valence-electron chi connectivity index (χ2n) is 4.52. The van der Waals surface area contributed by atoms with Crippen molar-refractivity contribution >= 4 is 44.3 Å². The Hall–Kier alpha value is -0.850. The van der Waals surface area contributed by atoms with Gasteiger partial charge in [-0.2, -0.15) is 0 Å². The fourth-order valence-electron chi connectivity index (χ4n) is 2.10. The van der Waals surface area contributed by atoms with Gasteiger partial charge in [0.15, 0.2) is 9.84 Å². The topological polar surface area (TPSA) is 63.4 Å². The lowest BCUT2D eigenvalue weighted by Crippen LogP contribution is -2.27. The van der Waals surface area contributed by atoms with Crippen molar-refractivity contribution < 1.29 is 8.42 Å². The highest BCUT2D eigenvalue weighted by Crippen LogP contribution is 2.28. The maximum Gasteiger partial charge on any atom is 0.152 e. The summed E-state index contributed by atoms with van der Waals surface area (Å²) < 4.78 is 23.2. The Morgan fingerprint density at radius 2 is 2.05 bits per heavy atom. The third-order valence-electron chi connectivity index (χ3n) is 3.13. The van der Waals surface area contributed by atoms with Gasteiger partial charge in [0.1, 0.15) is 4.99 Å². The summed E-state index contributed by atoms with van der Waals surface area (Å²) in [5.41, 5.74) is 7.10. The average Bonchev–Trinajstić information content (AvgIpc) is 2.50. The number of nitrogens with zero attached hydrogens (tertiary/aromatic N) is 1. The van der Waals surface area contributed by atoms with Gasteiger partial charge in [-0.3, -0.25) is 0 Å². The van der Waals surface area contributed by atoms with Crippen LogP contribution in [-0.2, 0) is 9.84 Å². The lowest BCUT2D eigenvalue weighted by molar-refractivity contribution is 0.597. The van der Waals surface area contributed by atoms with E-state index < -0.39 is 9.84 Å². The number of hydrogen-bond acceptors (Lipinski definition) is 4. The van der Waals surface area contributed by atoms with Gasteiger partial charge in [-0.25, -0.2) is 8.42 Å². The molecule has 0 aromatic heterocycles. The minimum absolute atomic E-state index is 0.167. The molecular weight excluding hydrogens is 304 g/mol. The van der Waals surface area contributed by atoms with Gasteiger partial charge in [0, 0.05) is 18.7 Å². The molecule has 1 aliphatic rings. The normalized spacial score (nSPS) is 18.9. The van der Waals surface area contributed by atoms with Crippen LogP contribution in [0.15, 0.2) is 18.2 Å². The molecule has 0 radical (unpaired) electrons. The fraction of sp³-hybridized carbons (Fsp3) is 0.417. The summed E-state index contributed by atoms with van der Waals surface area (Å²) in [7, 11) is -2.92. The molecule has 0 atom stereocenters. The van der Waals surface area contributed by atoms with Gasteiger partial charge < -0.3 is 10.6 Å². The van der Waals surface area contributed by atoms with Crippen LogP contribution in [0.1, 0.15) is 12.0 Å². The van der Waals surface area contributed by atoms with E-state index in [0.29, 0.717) is 35.1 Å². The van der Waals surface area contributed by atoms with Crippen molar-refractivity contribution in [3.05, 3.63) is 28.8 Å². The van der Waals surface area contributed by atoms with E-state index in [1.165, 1.54) is 0 Å². The van der Waals surface area contributed by atoms with Gasteiger partial charge in [-0.1, -0.05) is 23.8 Å². The number of rotatable bonds is 2. The molecule has 2 N–H and O–H groups in total. The van der Waals surface area contributed by atoms with Crippen molar-refractivity contribution in [1.82, 2.24) is 0 Å². The van der Waals surface area contributed by atoms with E-state index in [0.717, 1.165) is 5.69 Å². The zero-order valence-electron chi connectivity index (χ0n) is 10.3. The largest absolute Gasteiger partial charge is 0.389 e. The molecule has 1 saturated heterocycles. The molecule has 0 aliphatic carbocycles. The lowest BCUT2D eigenvalue weighted by atomic mass is 10.2. The number of thiocarbonyl (C=S) groups is 1. The fourth-order valence-corrected chi connectivity index (χ4v) is 3.79. The summed E-state index contributed by atoms with van der Waals surface area (Å²) >= 11 is 11.1. The zero-order valence-corrected chi connectivity index (χ0v) is 12.7. The van der Waals surface area contributed by atoms with E-state index >= 15 is 0 Å². The lowest BCUT2D eigenvalue weighted by Gasteiger charge is -2.23. The van der Waals surface area contributed by atoms with E-state index in [2.05, 4.69) is 0 Å². The van der Waals surface area contributed by atoms with Crippen molar-refractivity contribution in [2.24, 2.45) is 5.73 Å². The van der Waals surface area contributed by atoms with E-state index in [-0.39, 0.29) is 11.5 Å². The highest BCUT2D eigenvalue weighted by atomic mass is 35.5. The Morgan fingerprint density at radius 3 is 2.68 bits per heavy atom. The summed E-state index contributed by atoms with van der Waals surface area (Å²) in [6, 6.07) is 5.37. The number of halogens is 1. The highest BCUT2D eigenvalue weighted by Gasteiger charge is 2.20. The molecule has 104 valence electrons. The first-order chi connectivity index (χ1) is 8.89. The first-order valence-corrected chi connectivity index (χ1v) is 8.54. The standard InChI is InChI=1S/C12H15ClN2O2S2/c13-10-8-9(12(14)18)2-3-11(10)15-4-1-6-19(16,17)7-5-15/h2-3,8H,1,4-7H2,(H2,14,18). The minimum Gasteiger partial charge on any atom is -0.389 e. The molecule has 0 spiro atoms. The monoisotopic (exact) mass is 318 g/mol. The Labute approximate surface area is 123 Å². The molecule has 1 fully saturated rings. The smallest absolute Gasteiger partial charge is 0.152 e. The van der Waals surface area contributed by atoms with E-state index in [4.69, 9.17) is 29.6 Å². The summed E-state index contributed by atoms with van der Waals surface area (Å²) in [5, 5.41) is 0.546. The first-order valence-electron chi connectivity index (χ1n) is 5.94. The Balaban J connectivity index is 2.25. The predicted octanol–water partition coefficient (Wildman–Crippen LogP) is 1.60. The van der Waals surface area contributed by atoms with Crippen LogP contribution in [0.4, 0.5) is 5.69 Å². The molecule has 1 aromatic carbocycles. The van der Waals surface area contributed by atoms with Gasteiger partial charge in [0.2, 0.25) is 0 Å². The Kier molecular flexibility index (Phi) is 4.32. The van der Waals surface area contributed by atoms with Gasteiger partial charge >= 0.3 is 0 Å². The molecule has 4 nitrogen and oxygen atoms in total. The number of sulfone groups is 1. The number of nitrogens with two attached hydrogens (primary N) is 1. The zero-order chi connectivity index (χ0) is 14.0. The van der Waals surface area contributed by atoms with Crippen LogP contribution in [0, 0.1) is 0 Å². The number of hydrogen-bond donors (Lipinski definition) is 1. The molecule has 7 heteroatoms. The van der Waals surface area contributed by atoms with Crippen LogP contribution < -0.4 is 10.6 Å². The third-order valence-corrected chi connectivity index (χ3v) is 5.38. The second-order valence-corrected chi connectivity index (χ2v) is 7.67. The van der Waals surface area contributed by atoms with Crippen LogP contribution in [0.3, 0.4) is 0 Å². The maximum absolute atomic E-state index is 11.6. The maximum atomic E-state index is 11.6. The van der Waals surface area contributed by atoms with E-state index in [1.54, 1.807) is 6.07 Å². The van der Waals surface area contributed by atoms with Crippen LogP contribution in [0.5, 0.6) is 0 Å². The van der Waals surface area contributed by atoms with Gasteiger partial charge in [-0.05, 0) is 24.6 Å². The molecule has 0 saturated carbocycles. The Bertz CT molecular complexity index is 602. The van der Waals surface area contributed by atoms with Crippen LogP contribution in [0.2, 0.25) is 5.02 Å². The average molecular weight is 319 g/mol. The summed E-state index contributed by atoms with van der Waals surface area (Å²) in [4.78, 5) is 2.29. The van der Waals surface area contributed by atoms with Gasteiger partial charge in [0.25, 0.3) is 0 Å².